The molecule has 63 heavy (non-hydrogen) atoms. The molecule has 0 aliphatic carbocycles. The third-order valence-corrected chi connectivity index (χ3v) is 12.7. The van der Waals surface area contributed by atoms with Crippen LogP contribution >= 0.6 is 0 Å². The molecule has 6 nitrogen and oxygen atoms in total. The third kappa shape index (κ3) is 46.4. The number of hydrogen-bond donors (Lipinski definition) is 3. The number of aliphatic hydroxyl groups is 2. The van der Waals surface area contributed by atoms with E-state index in [1.165, 1.54) is 161 Å². The average molecular weight is 886 g/mol. The molecule has 0 aliphatic rings. The lowest BCUT2D eigenvalue weighted by Crippen LogP contribution is -2.46. The van der Waals surface area contributed by atoms with Crippen molar-refractivity contribution in [3.63, 3.8) is 0 Å². The molecule has 370 valence electrons. The molecule has 0 aliphatic heterocycles. The van der Waals surface area contributed by atoms with Crippen molar-refractivity contribution in [2.24, 2.45) is 0 Å². The molecule has 3 unspecified atom stereocenters. The van der Waals surface area contributed by atoms with Crippen LogP contribution in [-0.2, 0) is 14.3 Å². The van der Waals surface area contributed by atoms with Crippen molar-refractivity contribution >= 4 is 11.9 Å². The molecule has 0 saturated carbocycles. The number of hydrogen-bond acceptors (Lipinski definition) is 5. The molecule has 0 fully saturated rings. The lowest BCUT2D eigenvalue weighted by molar-refractivity contribution is -0.151. The summed E-state index contributed by atoms with van der Waals surface area (Å²) in [6.45, 7) is 6.40. The number of nitrogens with one attached hydrogen (secondary N) is 1. The van der Waals surface area contributed by atoms with E-state index in [9.17, 15) is 19.8 Å². The fraction of sp³-hybridized carbons (Fsp3) is 0.860. The molecule has 0 aromatic heterocycles. The van der Waals surface area contributed by atoms with Gasteiger partial charge in [0.15, 0.2) is 0 Å². The van der Waals surface area contributed by atoms with Gasteiger partial charge in [-0.25, -0.2) is 0 Å². The van der Waals surface area contributed by atoms with E-state index in [1.54, 1.807) is 0 Å². The zero-order valence-electron chi connectivity index (χ0n) is 42.2. The predicted octanol–water partition coefficient (Wildman–Crippen LogP) is 16.8. The molecule has 0 saturated heterocycles. The van der Waals surface area contributed by atoms with E-state index >= 15 is 0 Å². The molecule has 0 rings (SSSR count). The SMILES string of the molecule is CC/C=C/C/C=C/C/C=C/CCCCCCC(CC(=O)NC(CO)C(O)CCCCCCCCCCCCCCCCC)OC(=O)CCCCCCCCCCCCCCCCC. The monoisotopic (exact) mass is 886 g/mol. The fourth-order valence-corrected chi connectivity index (χ4v) is 8.56. The van der Waals surface area contributed by atoms with Crippen LogP contribution in [0.4, 0.5) is 0 Å². The Balaban J connectivity index is 4.55. The molecule has 6 heteroatoms. The number of ether oxygens (including phenoxy) is 1. The average Bonchev–Trinajstić information content (AvgIpc) is 3.28. The lowest BCUT2D eigenvalue weighted by Gasteiger charge is -2.24. The summed E-state index contributed by atoms with van der Waals surface area (Å²) in [5.74, 6) is -0.482. The quantitative estimate of drug-likeness (QED) is 0.0321. The Kier molecular flexibility index (Phi) is 49.5. The van der Waals surface area contributed by atoms with Gasteiger partial charge in [0.1, 0.15) is 6.10 Å². The van der Waals surface area contributed by atoms with Crippen molar-refractivity contribution in [2.75, 3.05) is 6.61 Å². The van der Waals surface area contributed by atoms with Crippen molar-refractivity contribution < 1.29 is 24.5 Å². The highest BCUT2D eigenvalue weighted by molar-refractivity contribution is 5.77. The highest BCUT2D eigenvalue weighted by atomic mass is 16.5. The zero-order valence-corrected chi connectivity index (χ0v) is 42.2. The second kappa shape index (κ2) is 51.1. The van der Waals surface area contributed by atoms with Gasteiger partial charge in [0.05, 0.1) is 25.2 Å². The van der Waals surface area contributed by atoms with E-state index in [2.05, 4.69) is 62.5 Å². The second-order valence-electron chi connectivity index (χ2n) is 19.0. The molecular weight excluding hydrogens is 779 g/mol. The third-order valence-electron chi connectivity index (χ3n) is 12.7. The summed E-state index contributed by atoms with van der Waals surface area (Å²) in [4.78, 5) is 26.2. The van der Waals surface area contributed by atoms with Gasteiger partial charge in [0.2, 0.25) is 5.91 Å². The highest BCUT2D eigenvalue weighted by Crippen LogP contribution is 2.18. The Morgan fingerprint density at radius 1 is 0.476 bits per heavy atom. The van der Waals surface area contributed by atoms with Crippen LogP contribution < -0.4 is 5.32 Å². The van der Waals surface area contributed by atoms with Gasteiger partial charge in [0.25, 0.3) is 0 Å². The van der Waals surface area contributed by atoms with Crippen LogP contribution in [0.1, 0.15) is 290 Å². The second-order valence-corrected chi connectivity index (χ2v) is 19.0. The Hall–Kier alpha value is -1.92. The topological polar surface area (TPSA) is 95.9 Å². The summed E-state index contributed by atoms with van der Waals surface area (Å²) < 4.78 is 5.94. The summed E-state index contributed by atoms with van der Waals surface area (Å²) in [6.07, 6.45) is 60.6. The van der Waals surface area contributed by atoms with Gasteiger partial charge in [-0.2, -0.15) is 0 Å². The molecule has 0 radical (unpaired) electrons. The molecule has 0 heterocycles. The maximum atomic E-state index is 13.2. The van der Waals surface area contributed by atoms with E-state index in [0.29, 0.717) is 19.3 Å². The van der Waals surface area contributed by atoms with Crippen LogP contribution in [0.25, 0.3) is 0 Å². The Labute approximate surface area is 392 Å². The number of amides is 1. The van der Waals surface area contributed by atoms with Gasteiger partial charge in [-0.3, -0.25) is 9.59 Å². The molecule has 0 spiro atoms. The van der Waals surface area contributed by atoms with Crippen molar-refractivity contribution in [1.29, 1.82) is 0 Å². The van der Waals surface area contributed by atoms with Crippen molar-refractivity contribution in [3.05, 3.63) is 36.5 Å². The van der Waals surface area contributed by atoms with Crippen molar-refractivity contribution in [2.45, 2.75) is 309 Å². The van der Waals surface area contributed by atoms with E-state index in [4.69, 9.17) is 4.74 Å². The maximum Gasteiger partial charge on any atom is 0.306 e. The summed E-state index contributed by atoms with van der Waals surface area (Å²) in [7, 11) is 0. The molecule has 3 atom stereocenters. The van der Waals surface area contributed by atoms with Crippen LogP contribution in [0, 0.1) is 0 Å². The standard InChI is InChI=1S/C57H107NO5/c1-4-7-10-13-16-19-22-25-28-31-34-37-40-43-46-49-55(60)54(52-59)58-56(61)51-53(48-45-42-39-36-33-30-27-24-21-18-15-12-9-6-3)63-57(62)50-47-44-41-38-35-32-29-26-23-20-17-14-11-8-5-2/h9,12,18,21,27,30,53-55,59-60H,4-8,10-11,13-17,19-20,22-26,28-29,31-52H2,1-3H3,(H,58,61)/b12-9+,21-18+,30-27+. The van der Waals surface area contributed by atoms with Crippen molar-refractivity contribution in [1.82, 2.24) is 5.32 Å². The predicted molar refractivity (Wildman–Crippen MR) is 273 cm³/mol. The minimum atomic E-state index is -0.792. The van der Waals surface area contributed by atoms with Gasteiger partial charge in [0, 0.05) is 6.42 Å². The number of allylic oxidation sites excluding steroid dienone is 6. The van der Waals surface area contributed by atoms with E-state index in [1.807, 2.05) is 0 Å². The molecule has 0 aromatic rings. The fourth-order valence-electron chi connectivity index (χ4n) is 8.56. The number of rotatable bonds is 50. The first kappa shape index (κ1) is 61.1. The first-order chi connectivity index (χ1) is 31.0. The summed E-state index contributed by atoms with van der Waals surface area (Å²) in [5.41, 5.74) is 0. The molecular formula is C57H107NO5. The minimum Gasteiger partial charge on any atom is -0.462 e. The molecule has 3 N–H and O–H groups in total. The van der Waals surface area contributed by atoms with Gasteiger partial charge in [-0.15, -0.1) is 0 Å². The molecule has 1 amide bonds. The lowest BCUT2D eigenvalue weighted by atomic mass is 10.0. The summed E-state index contributed by atoms with van der Waals surface area (Å²) in [6, 6.07) is -0.706. The van der Waals surface area contributed by atoms with Crippen LogP contribution in [0.3, 0.4) is 0 Å². The van der Waals surface area contributed by atoms with Gasteiger partial charge < -0.3 is 20.3 Å². The van der Waals surface area contributed by atoms with E-state index in [0.717, 1.165) is 83.5 Å². The summed E-state index contributed by atoms with van der Waals surface area (Å²) >= 11 is 0. The van der Waals surface area contributed by atoms with Crippen LogP contribution in [0.5, 0.6) is 0 Å². The van der Waals surface area contributed by atoms with Gasteiger partial charge in [-0.05, 0) is 57.8 Å². The number of carbonyl (C=O) groups excluding carboxylic acids is 2. The number of carbonyl (C=O) groups is 2. The first-order valence-corrected chi connectivity index (χ1v) is 27.7. The maximum absolute atomic E-state index is 13.2. The number of unbranched alkanes of at least 4 members (excludes halogenated alkanes) is 32. The van der Waals surface area contributed by atoms with Crippen molar-refractivity contribution in [3.8, 4) is 0 Å². The van der Waals surface area contributed by atoms with E-state index < -0.39 is 18.2 Å². The minimum absolute atomic E-state index is 0.0667. The smallest absolute Gasteiger partial charge is 0.306 e. The van der Waals surface area contributed by atoms with Gasteiger partial charge in [-0.1, -0.05) is 256 Å². The molecule has 0 aromatic carbocycles. The van der Waals surface area contributed by atoms with E-state index in [-0.39, 0.29) is 24.9 Å². The Morgan fingerprint density at radius 3 is 1.30 bits per heavy atom. The zero-order chi connectivity index (χ0) is 45.9. The largest absolute Gasteiger partial charge is 0.462 e. The van der Waals surface area contributed by atoms with Crippen LogP contribution in [0.2, 0.25) is 0 Å². The van der Waals surface area contributed by atoms with Gasteiger partial charge >= 0.3 is 5.97 Å². The normalized spacial score (nSPS) is 13.4. The first-order valence-electron chi connectivity index (χ1n) is 27.7. The molecule has 0 bridgehead atoms. The highest BCUT2D eigenvalue weighted by Gasteiger charge is 2.24. The van der Waals surface area contributed by atoms with Crippen LogP contribution in [0.15, 0.2) is 36.5 Å². The Morgan fingerprint density at radius 2 is 0.857 bits per heavy atom. The van der Waals surface area contributed by atoms with Crippen LogP contribution in [-0.4, -0.2) is 46.9 Å². The Bertz CT molecular complexity index is 1040. The number of esters is 1. The summed E-state index contributed by atoms with van der Waals surface area (Å²) in [5, 5.41) is 23.8. The number of aliphatic hydroxyl groups excluding tert-OH is 2.